The Hall–Kier alpha value is -3.55. The van der Waals surface area contributed by atoms with Gasteiger partial charge in [0.1, 0.15) is 24.7 Å². The van der Waals surface area contributed by atoms with Crippen LogP contribution in [0.15, 0.2) is 48.5 Å². The molecule has 1 spiro atoms. The first-order valence-corrected chi connectivity index (χ1v) is 9.78. The van der Waals surface area contributed by atoms with Crippen molar-refractivity contribution in [3.8, 4) is 11.5 Å². The molecule has 1 N–H and O–H groups in total. The van der Waals surface area contributed by atoms with Crippen LogP contribution in [-0.4, -0.2) is 42.6 Å². The number of rotatable bonds is 6. The lowest BCUT2D eigenvalue weighted by molar-refractivity contribution is -0.149. The molecule has 30 heavy (non-hydrogen) atoms. The number of benzene rings is 2. The third-order valence-electron chi connectivity index (χ3n) is 5.21. The molecule has 2 aliphatic rings. The summed E-state index contributed by atoms with van der Waals surface area (Å²) in [6.07, 6.45) is 0.294. The summed E-state index contributed by atoms with van der Waals surface area (Å²) in [5.41, 5.74) is 0.0872. The van der Waals surface area contributed by atoms with E-state index in [0.717, 1.165) is 4.90 Å². The number of hydrogen-bond acceptors (Lipinski definition) is 6. The zero-order valence-electron chi connectivity index (χ0n) is 16.6. The van der Waals surface area contributed by atoms with Gasteiger partial charge >= 0.3 is 12.0 Å². The second kappa shape index (κ2) is 8.06. The first kappa shape index (κ1) is 19.8. The van der Waals surface area contributed by atoms with Crippen LogP contribution in [0.3, 0.4) is 0 Å². The fourth-order valence-electron chi connectivity index (χ4n) is 3.77. The number of esters is 1. The minimum absolute atomic E-state index is 0.0134. The van der Waals surface area contributed by atoms with Crippen molar-refractivity contribution in [1.82, 2.24) is 10.2 Å². The summed E-state index contributed by atoms with van der Waals surface area (Å²) in [5, 5.41) is 2.76. The summed E-state index contributed by atoms with van der Waals surface area (Å²) in [7, 11) is 0. The third kappa shape index (κ3) is 3.45. The molecule has 1 saturated heterocycles. The maximum absolute atomic E-state index is 13.2. The van der Waals surface area contributed by atoms with Crippen LogP contribution in [0.5, 0.6) is 11.5 Å². The van der Waals surface area contributed by atoms with E-state index in [9.17, 15) is 14.4 Å². The smallest absolute Gasteiger partial charge is 0.326 e. The highest BCUT2D eigenvalue weighted by molar-refractivity contribution is 6.09. The van der Waals surface area contributed by atoms with Crippen LogP contribution in [0.4, 0.5) is 4.79 Å². The molecule has 8 nitrogen and oxygen atoms in total. The van der Waals surface area contributed by atoms with Crippen LogP contribution in [0.1, 0.15) is 24.5 Å². The molecular formula is C22H22N2O6. The normalized spacial score (nSPS) is 19.8. The number of nitrogens with zero attached hydrogens (tertiary/aromatic N) is 1. The molecule has 0 radical (unpaired) electrons. The quantitative estimate of drug-likeness (QED) is 0.580. The summed E-state index contributed by atoms with van der Waals surface area (Å²) >= 11 is 0. The van der Waals surface area contributed by atoms with Gasteiger partial charge in [-0.25, -0.2) is 4.79 Å². The molecule has 0 unspecified atom stereocenters. The molecule has 2 aromatic carbocycles. The van der Waals surface area contributed by atoms with Crippen LogP contribution in [-0.2, 0) is 26.5 Å². The van der Waals surface area contributed by atoms with Gasteiger partial charge in [-0.1, -0.05) is 36.4 Å². The lowest BCUT2D eigenvalue weighted by Gasteiger charge is -2.33. The van der Waals surface area contributed by atoms with E-state index in [0.29, 0.717) is 35.7 Å². The van der Waals surface area contributed by atoms with E-state index < -0.39 is 30.0 Å². The predicted molar refractivity (Wildman–Crippen MR) is 106 cm³/mol. The monoisotopic (exact) mass is 410 g/mol. The van der Waals surface area contributed by atoms with Gasteiger partial charge in [0.15, 0.2) is 5.54 Å². The van der Waals surface area contributed by atoms with E-state index in [1.54, 1.807) is 36.4 Å². The molecule has 1 fully saturated rings. The first-order valence-electron chi connectivity index (χ1n) is 9.78. The van der Waals surface area contributed by atoms with Crippen LogP contribution < -0.4 is 14.8 Å². The minimum atomic E-state index is -1.21. The van der Waals surface area contributed by atoms with Gasteiger partial charge in [-0.15, -0.1) is 0 Å². The molecule has 0 aromatic heterocycles. The van der Waals surface area contributed by atoms with Gasteiger partial charge in [-0.2, -0.15) is 0 Å². The van der Waals surface area contributed by atoms with E-state index in [4.69, 9.17) is 14.2 Å². The number of imide groups is 1. The molecule has 2 heterocycles. The largest absolute Gasteiger partial charge is 0.493 e. The summed E-state index contributed by atoms with van der Waals surface area (Å²) in [6, 6.07) is 13.7. The second-order valence-corrected chi connectivity index (χ2v) is 7.02. The molecule has 8 heteroatoms. The van der Waals surface area contributed by atoms with Crippen LogP contribution in [0.25, 0.3) is 0 Å². The number of amides is 3. The van der Waals surface area contributed by atoms with E-state index in [1.807, 2.05) is 19.1 Å². The molecular weight excluding hydrogens is 388 g/mol. The Balaban J connectivity index is 1.45. The average Bonchev–Trinajstić information content (AvgIpc) is 2.98. The van der Waals surface area contributed by atoms with E-state index in [-0.39, 0.29) is 13.2 Å². The van der Waals surface area contributed by atoms with E-state index >= 15 is 0 Å². The Labute approximate surface area is 173 Å². The molecule has 2 aromatic rings. The molecule has 156 valence electrons. The Morgan fingerprint density at radius 2 is 1.93 bits per heavy atom. The number of urea groups is 1. The van der Waals surface area contributed by atoms with Crippen molar-refractivity contribution >= 4 is 17.9 Å². The molecule has 2 aliphatic heterocycles. The van der Waals surface area contributed by atoms with Crippen LogP contribution in [0, 0.1) is 0 Å². The standard InChI is InChI=1S/C22H22N2O6/c1-2-28-17-9-5-3-7-15(17)14-30-19(25)13-24-20(26)22(23-21(24)27)11-12-29-18-10-6-4-8-16(18)22/h3-10H,2,11-14H2,1H3,(H,23,27)/t22-/m1/s1. The highest BCUT2D eigenvalue weighted by Gasteiger charge is 2.55. The highest BCUT2D eigenvalue weighted by Crippen LogP contribution is 2.40. The van der Waals surface area contributed by atoms with Crippen LogP contribution >= 0.6 is 0 Å². The fraction of sp³-hybridized carbons (Fsp3) is 0.318. The molecule has 3 amide bonds. The minimum Gasteiger partial charge on any atom is -0.493 e. The Kier molecular flexibility index (Phi) is 5.31. The predicted octanol–water partition coefficient (Wildman–Crippen LogP) is 2.36. The van der Waals surface area contributed by atoms with Crippen molar-refractivity contribution in [1.29, 1.82) is 0 Å². The summed E-state index contributed by atoms with van der Waals surface area (Å²) in [5.74, 6) is 0.0204. The molecule has 1 atom stereocenters. The van der Waals surface area contributed by atoms with Crippen molar-refractivity contribution in [3.05, 3.63) is 59.7 Å². The summed E-state index contributed by atoms with van der Waals surface area (Å²) in [4.78, 5) is 39.0. The summed E-state index contributed by atoms with van der Waals surface area (Å²) in [6.45, 7) is 2.16. The van der Waals surface area contributed by atoms with Gasteiger partial charge in [0.25, 0.3) is 5.91 Å². The fourth-order valence-corrected chi connectivity index (χ4v) is 3.77. The van der Waals surface area contributed by atoms with Crippen molar-refractivity contribution in [2.24, 2.45) is 0 Å². The number of carbonyl (C=O) groups excluding carboxylic acids is 3. The van der Waals surface area contributed by atoms with Gasteiger partial charge in [0.2, 0.25) is 0 Å². The summed E-state index contributed by atoms with van der Waals surface area (Å²) < 4.78 is 16.4. The lowest BCUT2D eigenvalue weighted by atomic mass is 9.84. The molecule has 4 rings (SSSR count). The highest BCUT2D eigenvalue weighted by atomic mass is 16.5. The number of ether oxygens (including phenoxy) is 3. The Bertz CT molecular complexity index is 991. The molecule has 0 saturated carbocycles. The zero-order chi connectivity index (χ0) is 21.1. The Morgan fingerprint density at radius 3 is 2.77 bits per heavy atom. The Morgan fingerprint density at radius 1 is 1.17 bits per heavy atom. The lowest BCUT2D eigenvalue weighted by Crippen LogP contribution is -2.47. The first-order chi connectivity index (χ1) is 14.5. The number of carbonyl (C=O) groups is 3. The van der Waals surface area contributed by atoms with Crippen molar-refractivity contribution in [2.45, 2.75) is 25.5 Å². The van der Waals surface area contributed by atoms with E-state index in [2.05, 4.69) is 5.32 Å². The number of para-hydroxylation sites is 2. The van der Waals surface area contributed by atoms with Gasteiger partial charge < -0.3 is 19.5 Å². The average molecular weight is 410 g/mol. The molecule has 0 bridgehead atoms. The number of hydrogen-bond donors (Lipinski definition) is 1. The van der Waals surface area contributed by atoms with Gasteiger partial charge in [-0.05, 0) is 19.1 Å². The van der Waals surface area contributed by atoms with Gasteiger partial charge in [-0.3, -0.25) is 14.5 Å². The third-order valence-corrected chi connectivity index (χ3v) is 5.21. The zero-order valence-corrected chi connectivity index (χ0v) is 16.6. The van der Waals surface area contributed by atoms with Crippen molar-refractivity contribution in [2.75, 3.05) is 19.8 Å². The maximum Gasteiger partial charge on any atom is 0.326 e. The van der Waals surface area contributed by atoms with Gasteiger partial charge in [0, 0.05) is 17.5 Å². The van der Waals surface area contributed by atoms with E-state index in [1.165, 1.54) is 0 Å². The number of nitrogens with one attached hydrogen (secondary N) is 1. The van der Waals surface area contributed by atoms with Crippen LogP contribution in [0.2, 0.25) is 0 Å². The topological polar surface area (TPSA) is 94.2 Å². The SMILES string of the molecule is CCOc1ccccc1COC(=O)CN1C(=O)N[C@@]2(CCOc3ccccc32)C1=O. The van der Waals surface area contributed by atoms with Crippen molar-refractivity contribution < 1.29 is 28.6 Å². The van der Waals surface area contributed by atoms with Gasteiger partial charge in [0.05, 0.1) is 13.2 Å². The van der Waals surface area contributed by atoms with Crippen molar-refractivity contribution in [3.63, 3.8) is 0 Å². The maximum atomic E-state index is 13.2. The molecule has 0 aliphatic carbocycles. The number of fused-ring (bicyclic) bond motifs is 2. The second-order valence-electron chi connectivity index (χ2n) is 7.02.